The Kier molecular flexibility index (Phi) is 6.55. The van der Waals surface area contributed by atoms with Crippen LogP contribution in [0.4, 0.5) is 0 Å². The lowest BCUT2D eigenvalue weighted by atomic mass is 10.2. The predicted molar refractivity (Wildman–Crippen MR) is 101 cm³/mol. The molecule has 2 N–H and O–H groups in total. The van der Waals surface area contributed by atoms with Crippen molar-refractivity contribution in [2.24, 2.45) is 4.99 Å². The monoisotopic (exact) mass is 360 g/mol. The zero-order chi connectivity index (χ0) is 18.3. The van der Waals surface area contributed by atoms with E-state index in [0.29, 0.717) is 6.54 Å². The lowest BCUT2D eigenvalue weighted by molar-refractivity contribution is 0.476. The first-order valence-corrected chi connectivity index (χ1v) is 9.43. The maximum Gasteiger partial charge on any atom is 0.240 e. The van der Waals surface area contributed by atoms with Gasteiger partial charge in [0, 0.05) is 27.2 Å². The molecular formula is C18H24N4O2S. The quantitative estimate of drug-likeness (QED) is 0.609. The van der Waals surface area contributed by atoms with E-state index in [9.17, 15) is 8.42 Å². The van der Waals surface area contributed by atoms with Crippen molar-refractivity contribution in [2.75, 3.05) is 21.1 Å². The van der Waals surface area contributed by atoms with Crippen LogP contribution in [0.15, 0.2) is 64.5 Å². The number of guanidine groups is 1. The minimum absolute atomic E-state index is 0.252. The molecule has 0 aliphatic carbocycles. The number of hydrogen-bond acceptors (Lipinski definition) is 3. The van der Waals surface area contributed by atoms with Crippen molar-refractivity contribution in [3.8, 4) is 0 Å². The third-order valence-corrected chi connectivity index (χ3v) is 5.18. The highest BCUT2D eigenvalue weighted by molar-refractivity contribution is 7.89. The molecule has 0 unspecified atom stereocenters. The Balaban J connectivity index is 2.02. The zero-order valence-electron chi connectivity index (χ0n) is 14.7. The standard InChI is InChI=1S/C18H24N4O2S/c1-19-18(22(3)14-15-8-5-4-6-9-15)21-13-16-10-7-11-17(12-16)25(23,24)20-2/h4-12,20H,13-14H2,1-3H3,(H,19,21). The summed E-state index contributed by atoms with van der Waals surface area (Å²) in [6.07, 6.45) is 0. The van der Waals surface area contributed by atoms with Crippen LogP contribution in [0.5, 0.6) is 0 Å². The van der Waals surface area contributed by atoms with Gasteiger partial charge in [-0.15, -0.1) is 0 Å². The molecule has 2 aromatic rings. The Morgan fingerprint density at radius 1 is 1.08 bits per heavy atom. The number of sulfonamides is 1. The molecule has 0 spiro atoms. The molecule has 0 amide bonds. The van der Waals surface area contributed by atoms with Gasteiger partial charge in [0.15, 0.2) is 5.96 Å². The highest BCUT2D eigenvalue weighted by Gasteiger charge is 2.12. The molecule has 0 saturated heterocycles. The fourth-order valence-electron chi connectivity index (χ4n) is 2.44. The Morgan fingerprint density at radius 2 is 1.76 bits per heavy atom. The highest BCUT2D eigenvalue weighted by Crippen LogP contribution is 2.11. The average Bonchev–Trinajstić information content (AvgIpc) is 2.63. The van der Waals surface area contributed by atoms with E-state index in [1.54, 1.807) is 25.2 Å². The van der Waals surface area contributed by atoms with E-state index in [1.165, 1.54) is 12.6 Å². The van der Waals surface area contributed by atoms with Crippen molar-refractivity contribution in [3.63, 3.8) is 0 Å². The minimum atomic E-state index is -3.44. The summed E-state index contributed by atoms with van der Waals surface area (Å²) < 4.78 is 26.1. The molecule has 0 saturated carbocycles. The van der Waals surface area contributed by atoms with Crippen LogP contribution in [0.3, 0.4) is 0 Å². The highest BCUT2D eigenvalue weighted by atomic mass is 32.2. The second-order valence-electron chi connectivity index (χ2n) is 5.60. The number of rotatable bonds is 6. The summed E-state index contributed by atoms with van der Waals surface area (Å²) in [7, 11) is 1.65. The van der Waals surface area contributed by atoms with Gasteiger partial charge in [-0.25, -0.2) is 13.1 Å². The van der Waals surface area contributed by atoms with Crippen LogP contribution in [-0.2, 0) is 23.1 Å². The largest absolute Gasteiger partial charge is 0.352 e. The molecule has 2 aromatic carbocycles. The van der Waals surface area contributed by atoms with Gasteiger partial charge in [0.25, 0.3) is 0 Å². The van der Waals surface area contributed by atoms with Gasteiger partial charge in [0.05, 0.1) is 4.90 Å². The summed E-state index contributed by atoms with van der Waals surface area (Å²) in [5, 5.41) is 3.26. The van der Waals surface area contributed by atoms with E-state index in [1.807, 2.05) is 36.2 Å². The Labute approximate surface area is 149 Å². The first-order chi connectivity index (χ1) is 12.0. The van der Waals surface area contributed by atoms with Crippen LogP contribution < -0.4 is 10.0 Å². The fourth-order valence-corrected chi connectivity index (χ4v) is 3.24. The van der Waals surface area contributed by atoms with Crippen molar-refractivity contribution in [1.29, 1.82) is 0 Å². The van der Waals surface area contributed by atoms with E-state index >= 15 is 0 Å². The molecule has 0 aliphatic heterocycles. The normalized spacial score (nSPS) is 12.0. The second-order valence-corrected chi connectivity index (χ2v) is 7.48. The van der Waals surface area contributed by atoms with Gasteiger partial charge in [-0.05, 0) is 30.3 Å². The van der Waals surface area contributed by atoms with E-state index in [-0.39, 0.29) is 4.90 Å². The van der Waals surface area contributed by atoms with Gasteiger partial charge in [-0.1, -0.05) is 42.5 Å². The van der Waals surface area contributed by atoms with Gasteiger partial charge in [-0.3, -0.25) is 4.99 Å². The summed E-state index contributed by atoms with van der Waals surface area (Å²) in [6.45, 7) is 1.22. The molecule has 7 heteroatoms. The van der Waals surface area contributed by atoms with E-state index < -0.39 is 10.0 Å². The van der Waals surface area contributed by atoms with Gasteiger partial charge in [-0.2, -0.15) is 0 Å². The number of nitrogens with zero attached hydrogens (tertiary/aromatic N) is 2. The van der Waals surface area contributed by atoms with E-state index in [4.69, 9.17) is 0 Å². The number of aliphatic imine (C=N–C) groups is 1. The molecule has 2 rings (SSSR count). The van der Waals surface area contributed by atoms with Crippen molar-refractivity contribution in [2.45, 2.75) is 18.0 Å². The minimum Gasteiger partial charge on any atom is -0.352 e. The molecule has 0 heterocycles. The lowest BCUT2D eigenvalue weighted by Gasteiger charge is -2.22. The maximum atomic E-state index is 11.9. The summed E-state index contributed by atoms with van der Waals surface area (Å²) >= 11 is 0. The van der Waals surface area contributed by atoms with Crippen LogP contribution in [0.25, 0.3) is 0 Å². The van der Waals surface area contributed by atoms with Crippen molar-refractivity contribution < 1.29 is 8.42 Å². The van der Waals surface area contributed by atoms with Crippen molar-refractivity contribution in [1.82, 2.24) is 14.9 Å². The molecular weight excluding hydrogens is 336 g/mol. The van der Waals surface area contributed by atoms with Crippen molar-refractivity contribution >= 4 is 16.0 Å². The number of nitrogens with one attached hydrogen (secondary N) is 2. The summed E-state index contributed by atoms with van der Waals surface area (Å²) in [5.74, 6) is 0.741. The molecule has 0 aromatic heterocycles. The third-order valence-electron chi connectivity index (χ3n) is 3.76. The van der Waals surface area contributed by atoms with Crippen LogP contribution in [-0.4, -0.2) is 40.4 Å². The molecule has 0 atom stereocenters. The Morgan fingerprint density at radius 3 is 2.40 bits per heavy atom. The second kappa shape index (κ2) is 8.64. The van der Waals surface area contributed by atoms with E-state index in [0.717, 1.165) is 18.1 Å². The number of hydrogen-bond donors (Lipinski definition) is 2. The smallest absolute Gasteiger partial charge is 0.240 e. The van der Waals surface area contributed by atoms with Crippen molar-refractivity contribution in [3.05, 3.63) is 65.7 Å². The predicted octanol–water partition coefficient (Wildman–Crippen LogP) is 1.80. The lowest BCUT2D eigenvalue weighted by Crippen LogP contribution is -2.38. The van der Waals surface area contributed by atoms with Gasteiger partial charge >= 0.3 is 0 Å². The Bertz CT molecular complexity index is 820. The van der Waals surface area contributed by atoms with Crippen LogP contribution in [0, 0.1) is 0 Å². The van der Waals surface area contributed by atoms with Crippen LogP contribution in [0.2, 0.25) is 0 Å². The molecule has 0 radical (unpaired) electrons. The van der Waals surface area contributed by atoms with Gasteiger partial charge in [0.1, 0.15) is 0 Å². The van der Waals surface area contributed by atoms with Crippen LogP contribution in [0.1, 0.15) is 11.1 Å². The molecule has 0 aliphatic rings. The summed E-state index contributed by atoms with van der Waals surface area (Å²) in [5.41, 5.74) is 2.06. The first-order valence-electron chi connectivity index (χ1n) is 7.94. The average molecular weight is 360 g/mol. The molecule has 6 nitrogen and oxygen atoms in total. The third kappa shape index (κ3) is 5.30. The fraction of sp³-hybridized carbons (Fsp3) is 0.278. The SMILES string of the molecule is CN=C(NCc1cccc(S(=O)(=O)NC)c1)N(C)Cc1ccccc1. The summed E-state index contributed by atoms with van der Waals surface area (Å²) in [4.78, 5) is 6.56. The molecule has 0 bridgehead atoms. The summed E-state index contributed by atoms with van der Waals surface area (Å²) in [6, 6.07) is 17.0. The molecule has 25 heavy (non-hydrogen) atoms. The first kappa shape index (κ1) is 19.0. The number of benzene rings is 2. The topological polar surface area (TPSA) is 73.8 Å². The van der Waals surface area contributed by atoms with Gasteiger partial charge < -0.3 is 10.2 Å². The molecule has 134 valence electrons. The maximum absolute atomic E-state index is 11.9. The molecule has 0 fully saturated rings. The Hall–Kier alpha value is -2.38. The van der Waals surface area contributed by atoms with Crippen LogP contribution >= 0.6 is 0 Å². The van der Waals surface area contributed by atoms with E-state index in [2.05, 4.69) is 27.2 Å². The van der Waals surface area contributed by atoms with Gasteiger partial charge in [0.2, 0.25) is 10.0 Å². The zero-order valence-corrected chi connectivity index (χ0v) is 15.5.